The molecular weight excluding hydrogens is 236 g/mol. The van der Waals surface area contributed by atoms with Crippen LogP contribution in [0.4, 0.5) is 0 Å². The number of para-hydroxylation sites is 1. The lowest BCUT2D eigenvalue weighted by atomic mass is 10.2. The molecule has 1 fully saturated rings. The number of nitrogens with zero attached hydrogens (tertiary/aromatic N) is 3. The van der Waals surface area contributed by atoms with Crippen LogP contribution in [-0.4, -0.2) is 40.4 Å². The van der Waals surface area contributed by atoms with Crippen molar-refractivity contribution in [3.05, 3.63) is 48.3 Å². The Labute approximate surface area is 114 Å². The maximum atomic E-state index is 4.45. The van der Waals surface area contributed by atoms with Crippen molar-refractivity contribution in [1.29, 1.82) is 0 Å². The second-order valence-electron chi connectivity index (χ2n) is 5.22. The van der Waals surface area contributed by atoms with E-state index in [9.17, 15) is 0 Å². The number of rotatable bonds is 3. The number of hydrogen-bond donors (Lipinski definition) is 1. The summed E-state index contributed by atoms with van der Waals surface area (Å²) in [5, 5.41) is 7.91. The SMILES string of the molecule is C[C@@H]1CN(Cc2cnn(-c3ccccc3)c2)CCN1. The summed E-state index contributed by atoms with van der Waals surface area (Å²) in [6.07, 6.45) is 4.10. The molecule has 0 aliphatic carbocycles. The zero-order valence-electron chi connectivity index (χ0n) is 11.3. The highest BCUT2D eigenvalue weighted by atomic mass is 15.3. The molecule has 19 heavy (non-hydrogen) atoms. The first-order valence-electron chi connectivity index (χ1n) is 6.86. The second-order valence-corrected chi connectivity index (χ2v) is 5.22. The van der Waals surface area contributed by atoms with Crippen LogP contribution < -0.4 is 5.32 Å². The van der Waals surface area contributed by atoms with E-state index in [2.05, 4.69) is 40.6 Å². The van der Waals surface area contributed by atoms with Crippen LogP contribution in [0.3, 0.4) is 0 Å². The van der Waals surface area contributed by atoms with E-state index < -0.39 is 0 Å². The topological polar surface area (TPSA) is 33.1 Å². The molecule has 1 atom stereocenters. The Morgan fingerprint density at radius 2 is 2.16 bits per heavy atom. The van der Waals surface area contributed by atoms with Gasteiger partial charge in [-0.25, -0.2) is 4.68 Å². The van der Waals surface area contributed by atoms with Crippen molar-refractivity contribution in [1.82, 2.24) is 20.0 Å². The zero-order valence-corrected chi connectivity index (χ0v) is 11.3. The molecule has 2 aromatic rings. The third-order valence-electron chi connectivity index (χ3n) is 3.52. The fraction of sp³-hybridized carbons (Fsp3) is 0.400. The molecule has 0 bridgehead atoms. The second kappa shape index (κ2) is 5.55. The number of nitrogens with one attached hydrogen (secondary N) is 1. The monoisotopic (exact) mass is 256 g/mol. The van der Waals surface area contributed by atoms with Crippen molar-refractivity contribution in [3.8, 4) is 5.69 Å². The fourth-order valence-electron chi connectivity index (χ4n) is 2.58. The molecule has 1 saturated heterocycles. The molecule has 1 aliphatic rings. The molecule has 0 saturated carbocycles. The highest BCUT2D eigenvalue weighted by Crippen LogP contribution is 2.10. The van der Waals surface area contributed by atoms with Gasteiger partial charge < -0.3 is 5.32 Å². The molecular formula is C15H20N4. The summed E-state index contributed by atoms with van der Waals surface area (Å²) in [5.74, 6) is 0. The smallest absolute Gasteiger partial charge is 0.0645 e. The molecule has 4 nitrogen and oxygen atoms in total. The van der Waals surface area contributed by atoms with Gasteiger partial charge in [0.05, 0.1) is 11.9 Å². The van der Waals surface area contributed by atoms with Crippen molar-refractivity contribution in [2.24, 2.45) is 0 Å². The molecule has 1 aromatic heterocycles. The standard InChI is InChI=1S/C15H20N4/c1-13-10-18(8-7-16-13)11-14-9-17-19(12-14)15-5-3-2-4-6-15/h2-6,9,12-13,16H,7-8,10-11H2,1H3/t13-/m1/s1. The first-order chi connectivity index (χ1) is 9.31. The van der Waals surface area contributed by atoms with Crippen molar-refractivity contribution in [3.63, 3.8) is 0 Å². The lowest BCUT2D eigenvalue weighted by Crippen LogP contribution is -2.48. The quantitative estimate of drug-likeness (QED) is 0.907. The minimum Gasteiger partial charge on any atom is -0.312 e. The summed E-state index contributed by atoms with van der Waals surface area (Å²) in [5.41, 5.74) is 2.39. The predicted octanol–water partition coefficient (Wildman–Crippen LogP) is 1.67. The molecule has 0 unspecified atom stereocenters. The number of benzene rings is 1. The molecule has 3 rings (SSSR count). The Kier molecular flexibility index (Phi) is 3.62. The summed E-state index contributed by atoms with van der Waals surface area (Å²) in [6.45, 7) is 6.52. The van der Waals surface area contributed by atoms with Crippen molar-refractivity contribution in [2.45, 2.75) is 19.5 Å². The molecule has 0 amide bonds. The third kappa shape index (κ3) is 3.03. The van der Waals surface area contributed by atoms with E-state index in [-0.39, 0.29) is 0 Å². The molecule has 4 heteroatoms. The van der Waals surface area contributed by atoms with Gasteiger partial charge in [-0.3, -0.25) is 4.90 Å². The van der Waals surface area contributed by atoms with Crippen molar-refractivity contribution in [2.75, 3.05) is 19.6 Å². The van der Waals surface area contributed by atoms with Gasteiger partial charge in [0.15, 0.2) is 0 Å². The van der Waals surface area contributed by atoms with Crippen LogP contribution in [0.25, 0.3) is 5.69 Å². The molecule has 2 heterocycles. The van der Waals surface area contributed by atoms with Gasteiger partial charge in [-0.05, 0) is 19.1 Å². The summed E-state index contributed by atoms with van der Waals surface area (Å²) in [4.78, 5) is 2.48. The van der Waals surface area contributed by atoms with Crippen LogP contribution in [0, 0.1) is 0 Å². The van der Waals surface area contributed by atoms with E-state index >= 15 is 0 Å². The average Bonchev–Trinajstić information content (AvgIpc) is 2.88. The fourth-order valence-corrected chi connectivity index (χ4v) is 2.58. The first-order valence-corrected chi connectivity index (χ1v) is 6.86. The molecule has 0 radical (unpaired) electrons. The maximum Gasteiger partial charge on any atom is 0.0645 e. The van der Waals surface area contributed by atoms with E-state index in [0.717, 1.165) is 31.9 Å². The summed E-state index contributed by atoms with van der Waals surface area (Å²) >= 11 is 0. The van der Waals surface area contributed by atoms with Crippen LogP contribution in [0.15, 0.2) is 42.7 Å². The van der Waals surface area contributed by atoms with E-state index in [1.165, 1.54) is 5.56 Å². The average molecular weight is 256 g/mol. The Bertz CT molecular complexity index is 520. The van der Waals surface area contributed by atoms with E-state index in [4.69, 9.17) is 0 Å². The predicted molar refractivity (Wildman–Crippen MR) is 76.3 cm³/mol. The largest absolute Gasteiger partial charge is 0.312 e. The molecule has 1 aromatic carbocycles. The van der Waals surface area contributed by atoms with E-state index in [0.29, 0.717) is 6.04 Å². The van der Waals surface area contributed by atoms with Crippen molar-refractivity contribution >= 4 is 0 Å². The summed E-state index contributed by atoms with van der Waals surface area (Å²) < 4.78 is 1.95. The van der Waals surface area contributed by atoms with E-state index in [1.54, 1.807) is 0 Å². The number of piperazine rings is 1. The Morgan fingerprint density at radius 3 is 2.95 bits per heavy atom. The minimum absolute atomic E-state index is 0.581. The molecule has 1 aliphatic heterocycles. The van der Waals surface area contributed by atoms with Gasteiger partial charge in [-0.15, -0.1) is 0 Å². The van der Waals surface area contributed by atoms with Crippen LogP contribution in [0.2, 0.25) is 0 Å². The van der Waals surface area contributed by atoms with Crippen LogP contribution in [-0.2, 0) is 6.54 Å². The molecule has 100 valence electrons. The van der Waals surface area contributed by atoms with Gasteiger partial charge in [0.2, 0.25) is 0 Å². The van der Waals surface area contributed by atoms with Gasteiger partial charge in [0, 0.05) is 44.0 Å². The highest BCUT2D eigenvalue weighted by Gasteiger charge is 2.16. The first kappa shape index (κ1) is 12.4. The summed E-state index contributed by atoms with van der Waals surface area (Å²) in [7, 11) is 0. The van der Waals surface area contributed by atoms with Crippen LogP contribution in [0.5, 0.6) is 0 Å². The van der Waals surface area contributed by atoms with Gasteiger partial charge in [0.1, 0.15) is 0 Å². The number of hydrogen-bond acceptors (Lipinski definition) is 3. The number of aromatic nitrogens is 2. The lowest BCUT2D eigenvalue weighted by molar-refractivity contribution is 0.199. The van der Waals surface area contributed by atoms with Crippen molar-refractivity contribution < 1.29 is 0 Å². The lowest BCUT2D eigenvalue weighted by Gasteiger charge is -2.31. The molecule has 0 spiro atoms. The van der Waals surface area contributed by atoms with E-state index in [1.807, 2.05) is 29.1 Å². The van der Waals surface area contributed by atoms with Gasteiger partial charge >= 0.3 is 0 Å². The highest BCUT2D eigenvalue weighted by molar-refractivity contribution is 5.30. The Hall–Kier alpha value is -1.65. The maximum absolute atomic E-state index is 4.45. The Balaban J connectivity index is 1.68. The Morgan fingerprint density at radius 1 is 1.32 bits per heavy atom. The van der Waals surface area contributed by atoms with Crippen LogP contribution in [0.1, 0.15) is 12.5 Å². The normalized spacial score (nSPS) is 20.6. The minimum atomic E-state index is 0.581. The van der Waals surface area contributed by atoms with Gasteiger partial charge in [-0.1, -0.05) is 18.2 Å². The van der Waals surface area contributed by atoms with Crippen LogP contribution >= 0.6 is 0 Å². The summed E-state index contributed by atoms with van der Waals surface area (Å²) in [6, 6.07) is 10.8. The molecule has 1 N–H and O–H groups in total. The van der Waals surface area contributed by atoms with Gasteiger partial charge in [0.25, 0.3) is 0 Å². The zero-order chi connectivity index (χ0) is 13.1. The third-order valence-corrected chi connectivity index (χ3v) is 3.52. The van der Waals surface area contributed by atoms with Gasteiger partial charge in [-0.2, -0.15) is 5.10 Å².